The molecule has 3 heterocycles. The van der Waals surface area contributed by atoms with E-state index in [1.54, 1.807) is 24.3 Å². The van der Waals surface area contributed by atoms with Gasteiger partial charge in [0.15, 0.2) is 0 Å². The van der Waals surface area contributed by atoms with E-state index in [-0.39, 0.29) is 22.8 Å². The van der Waals surface area contributed by atoms with Crippen molar-refractivity contribution in [1.82, 2.24) is 4.57 Å². The summed E-state index contributed by atoms with van der Waals surface area (Å²) in [5, 5.41) is 14.0. The second-order valence-corrected chi connectivity index (χ2v) is 13.0. The molecule has 10 nitrogen and oxygen atoms in total. The highest BCUT2D eigenvalue weighted by atomic mass is 79.9. The minimum absolute atomic E-state index is 0.166. The summed E-state index contributed by atoms with van der Waals surface area (Å²) in [6, 6.07) is 19.1. The predicted molar refractivity (Wildman–Crippen MR) is 163 cm³/mol. The van der Waals surface area contributed by atoms with E-state index in [9.17, 15) is 29.3 Å². The number of carbonyl (C=O) groups is 3. The summed E-state index contributed by atoms with van der Waals surface area (Å²) in [6.45, 7) is -0.293. The van der Waals surface area contributed by atoms with Crippen LogP contribution in [0.3, 0.4) is 0 Å². The number of nitro benzene ring substituents is 1. The van der Waals surface area contributed by atoms with Crippen molar-refractivity contribution in [2.45, 2.75) is 22.7 Å². The van der Waals surface area contributed by atoms with E-state index in [1.165, 1.54) is 28.8 Å². The quantitative estimate of drug-likeness (QED) is 0.157. The van der Waals surface area contributed by atoms with Gasteiger partial charge in [0.2, 0.25) is 17.7 Å². The fourth-order valence-corrected chi connectivity index (χ4v) is 8.30. The summed E-state index contributed by atoms with van der Waals surface area (Å²) in [5.74, 6) is -2.85. The summed E-state index contributed by atoms with van der Waals surface area (Å²) >= 11 is 11.4. The van der Waals surface area contributed by atoms with Crippen molar-refractivity contribution in [3.63, 3.8) is 0 Å². The maximum atomic E-state index is 13.9. The molecule has 14 heteroatoms. The molecule has 6 rings (SSSR count). The Morgan fingerprint density at radius 1 is 0.976 bits per heavy atom. The van der Waals surface area contributed by atoms with Crippen LogP contribution in [0.2, 0.25) is 5.02 Å². The van der Waals surface area contributed by atoms with Gasteiger partial charge in [-0.2, -0.15) is 0 Å². The molecular weight excluding hydrogens is 668 g/mol. The van der Waals surface area contributed by atoms with Crippen LogP contribution in [0.1, 0.15) is 16.4 Å². The van der Waals surface area contributed by atoms with E-state index in [1.807, 2.05) is 24.3 Å². The lowest BCUT2D eigenvalue weighted by Gasteiger charge is -2.30. The van der Waals surface area contributed by atoms with Gasteiger partial charge < -0.3 is 5.32 Å². The smallest absolute Gasteiger partial charge is 0.308 e. The number of hydrogen-bond acceptors (Lipinski definition) is 8. The second-order valence-electron chi connectivity index (χ2n) is 9.56. The number of benzene rings is 3. The summed E-state index contributed by atoms with van der Waals surface area (Å²) in [4.78, 5) is 65.8. The molecule has 42 heavy (non-hydrogen) atoms. The number of non-ortho nitro benzene ring substituents is 1. The molecule has 3 aromatic carbocycles. The van der Waals surface area contributed by atoms with Crippen molar-refractivity contribution in [3.8, 4) is 0 Å². The molecule has 0 spiro atoms. The minimum Gasteiger partial charge on any atom is -0.325 e. The van der Waals surface area contributed by atoms with Crippen LogP contribution in [0.15, 0.2) is 87.1 Å². The number of fused-ring (bicyclic) bond motifs is 2. The number of halogens is 2. The van der Waals surface area contributed by atoms with E-state index in [4.69, 9.17) is 11.6 Å². The van der Waals surface area contributed by atoms with Crippen LogP contribution in [0.5, 0.6) is 0 Å². The first-order valence-corrected chi connectivity index (χ1v) is 15.3. The van der Waals surface area contributed by atoms with E-state index >= 15 is 0 Å². The highest BCUT2D eigenvalue weighted by Crippen LogP contribution is 2.54. The average Bonchev–Trinajstić information content (AvgIpc) is 3.41. The summed E-state index contributed by atoms with van der Waals surface area (Å²) in [5.41, 5.74) is 1.31. The van der Waals surface area contributed by atoms with Gasteiger partial charge in [-0.15, -0.1) is 0 Å². The third-order valence-corrected chi connectivity index (χ3v) is 10.4. The molecule has 1 aromatic heterocycles. The maximum Gasteiger partial charge on any atom is 0.308 e. The third-order valence-electron chi connectivity index (χ3n) is 7.03. The number of aromatic nitrogens is 1. The third kappa shape index (κ3) is 5.06. The van der Waals surface area contributed by atoms with Crippen molar-refractivity contribution in [3.05, 3.63) is 113 Å². The number of imide groups is 1. The molecule has 2 aliphatic rings. The van der Waals surface area contributed by atoms with Crippen molar-refractivity contribution < 1.29 is 19.3 Å². The van der Waals surface area contributed by atoms with E-state index in [2.05, 4.69) is 21.2 Å². The van der Waals surface area contributed by atoms with Gasteiger partial charge in [-0.05, 0) is 54.1 Å². The number of thiazole rings is 1. The summed E-state index contributed by atoms with van der Waals surface area (Å²) in [7, 11) is 0. The van der Waals surface area contributed by atoms with Crippen molar-refractivity contribution in [2.24, 2.45) is 5.92 Å². The zero-order chi connectivity index (χ0) is 29.7. The van der Waals surface area contributed by atoms with Crippen molar-refractivity contribution >= 4 is 85.4 Å². The van der Waals surface area contributed by atoms with Crippen LogP contribution in [0, 0.1) is 16.0 Å². The van der Waals surface area contributed by atoms with Gasteiger partial charge in [0, 0.05) is 38.1 Å². The van der Waals surface area contributed by atoms with Gasteiger partial charge in [0.05, 0.1) is 21.6 Å². The first-order valence-electron chi connectivity index (χ1n) is 12.5. The lowest BCUT2D eigenvalue weighted by Crippen LogP contribution is -2.33. The molecule has 1 N–H and O–H groups in total. The first-order chi connectivity index (χ1) is 20.1. The lowest BCUT2D eigenvalue weighted by molar-refractivity contribution is -0.384. The van der Waals surface area contributed by atoms with Gasteiger partial charge in [-0.25, -0.2) is 4.90 Å². The average molecular weight is 686 g/mol. The van der Waals surface area contributed by atoms with E-state index < -0.39 is 39.7 Å². The van der Waals surface area contributed by atoms with E-state index in [0.29, 0.717) is 20.6 Å². The highest BCUT2D eigenvalue weighted by Gasteiger charge is 2.56. The van der Waals surface area contributed by atoms with Crippen molar-refractivity contribution in [1.29, 1.82) is 0 Å². The molecule has 212 valence electrons. The van der Waals surface area contributed by atoms with Gasteiger partial charge >= 0.3 is 4.87 Å². The normalized spacial score (nSPS) is 19.4. The van der Waals surface area contributed by atoms with Crippen LogP contribution in [-0.4, -0.2) is 32.5 Å². The number of rotatable bonds is 6. The molecule has 0 saturated carbocycles. The summed E-state index contributed by atoms with van der Waals surface area (Å²) in [6.07, 6.45) is 0. The summed E-state index contributed by atoms with van der Waals surface area (Å²) < 4.78 is 2.16. The van der Waals surface area contributed by atoms with Crippen LogP contribution in [0.25, 0.3) is 0 Å². The topological polar surface area (TPSA) is 132 Å². The minimum atomic E-state index is -0.881. The first kappa shape index (κ1) is 28.3. The Kier molecular flexibility index (Phi) is 7.51. The fourth-order valence-electron chi connectivity index (χ4n) is 5.14. The number of nitro groups is 1. The Morgan fingerprint density at radius 2 is 1.64 bits per heavy atom. The van der Waals surface area contributed by atoms with Crippen LogP contribution in [-0.2, 0) is 20.9 Å². The Labute approximate surface area is 259 Å². The van der Waals surface area contributed by atoms with Crippen molar-refractivity contribution in [2.75, 3.05) is 10.2 Å². The molecule has 3 unspecified atom stereocenters. The molecule has 0 aliphatic carbocycles. The number of amides is 3. The Bertz CT molecular complexity index is 1810. The van der Waals surface area contributed by atoms with Gasteiger partial charge in [0.25, 0.3) is 5.69 Å². The SMILES string of the molecule is O=C(Cn1c2c(sc1=O)C(c1ccc(Br)cc1)C1C(=O)N(c3ccc([N+](=O)[O-])cc3)C(=O)C1S2)Nc1ccc(Cl)cc1. The van der Waals surface area contributed by atoms with Crippen LogP contribution >= 0.6 is 50.6 Å². The highest BCUT2D eigenvalue weighted by molar-refractivity contribution is 9.10. The van der Waals surface area contributed by atoms with E-state index in [0.717, 1.165) is 38.0 Å². The molecule has 0 radical (unpaired) electrons. The molecule has 3 amide bonds. The molecule has 2 aliphatic heterocycles. The number of carbonyl (C=O) groups excluding carboxylic acids is 3. The molecule has 3 atom stereocenters. The molecule has 0 bridgehead atoms. The number of thioether (sulfide) groups is 1. The fraction of sp³-hybridized carbons (Fsp3) is 0.143. The largest absolute Gasteiger partial charge is 0.325 e. The predicted octanol–water partition coefficient (Wildman–Crippen LogP) is 5.67. The zero-order valence-electron chi connectivity index (χ0n) is 21.2. The number of hydrogen-bond donors (Lipinski definition) is 1. The Hall–Kier alpha value is -3.78. The molecular formula is C28H18BrClN4O6S2. The standard InChI is InChI=1S/C28H18BrClN4O6S2/c29-15-3-1-14(2-4-15)21-22-23(26(37)33(25(22)36)18-9-11-19(12-10-18)34(39)40)41-27-24(21)42-28(38)32(27)13-20(35)31-17-7-5-16(30)6-8-17/h1-12,21-23H,13H2,(H,31,35). The van der Waals surface area contributed by atoms with Crippen LogP contribution in [0.4, 0.5) is 17.1 Å². The number of nitrogens with one attached hydrogen (secondary N) is 1. The lowest BCUT2D eigenvalue weighted by atomic mass is 9.83. The second kappa shape index (κ2) is 11.1. The molecule has 1 saturated heterocycles. The zero-order valence-corrected chi connectivity index (χ0v) is 25.2. The Morgan fingerprint density at radius 3 is 2.29 bits per heavy atom. The number of anilines is 2. The number of nitrogens with zero attached hydrogens (tertiary/aromatic N) is 3. The molecule has 4 aromatic rings. The maximum absolute atomic E-state index is 13.9. The van der Waals surface area contributed by atoms with Gasteiger partial charge in [-0.3, -0.25) is 33.9 Å². The molecule has 1 fully saturated rings. The Balaban J connectivity index is 1.39. The van der Waals surface area contributed by atoms with Crippen LogP contribution < -0.4 is 15.1 Å². The monoisotopic (exact) mass is 684 g/mol. The van der Waals surface area contributed by atoms with Gasteiger partial charge in [0.1, 0.15) is 11.8 Å². The van der Waals surface area contributed by atoms with Gasteiger partial charge in [-0.1, -0.05) is 62.8 Å².